The molecular formula is C11H17NOS. The van der Waals surface area contributed by atoms with Crippen LogP contribution in [0.3, 0.4) is 0 Å². The van der Waals surface area contributed by atoms with Crippen LogP contribution in [0.1, 0.15) is 24.2 Å². The minimum Gasteiger partial charge on any atom is -0.468 e. The van der Waals surface area contributed by atoms with Gasteiger partial charge in [0.05, 0.1) is 12.8 Å². The fourth-order valence-corrected chi connectivity index (χ4v) is 2.83. The van der Waals surface area contributed by atoms with Crippen LogP contribution in [0, 0.1) is 6.92 Å². The highest BCUT2D eigenvalue weighted by atomic mass is 32.2. The lowest BCUT2D eigenvalue weighted by Crippen LogP contribution is -2.32. The summed E-state index contributed by atoms with van der Waals surface area (Å²) in [6.07, 6.45) is 4.36. The van der Waals surface area contributed by atoms with Crippen molar-refractivity contribution in [2.24, 2.45) is 0 Å². The van der Waals surface area contributed by atoms with Crippen LogP contribution in [0.2, 0.25) is 0 Å². The maximum absolute atomic E-state index is 5.39. The van der Waals surface area contributed by atoms with E-state index >= 15 is 0 Å². The first kappa shape index (κ1) is 10.1. The van der Waals surface area contributed by atoms with E-state index in [2.05, 4.69) is 24.0 Å². The predicted octanol–water partition coefficient (Wildman–Crippen LogP) is 2.57. The average molecular weight is 211 g/mol. The minimum absolute atomic E-state index is 0.695. The first-order chi connectivity index (χ1) is 6.86. The molecule has 1 aliphatic rings. The lowest BCUT2D eigenvalue weighted by atomic mass is 10.1. The molecule has 1 aromatic heterocycles. The summed E-state index contributed by atoms with van der Waals surface area (Å²) in [6, 6.07) is 2.72. The van der Waals surface area contributed by atoms with Gasteiger partial charge in [0.2, 0.25) is 0 Å². The van der Waals surface area contributed by atoms with Crippen molar-refractivity contribution in [1.82, 2.24) is 5.32 Å². The van der Waals surface area contributed by atoms with E-state index in [0.29, 0.717) is 6.04 Å². The van der Waals surface area contributed by atoms with E-state index in [1.54, 1.807) is 6.26 Å². The molecule has 0 aliphatic carbocycles. The molecule has 1 N–H and O–H groups in total. The molecule has 0 saturated carbocycles. The Balaban J connectivity index is 1.79. The van der Waals surface area contributed by atoms with Crippen molar-refractivity contribution in [3.63, 3.8) is 0 Å². The van der Waals surface area contributed by atoms with Crippen molar-refractivity contribution in [2.45, 2.75) is 32.4 Å². The molecular weight excluding hydrogens is 194 g/mol. The van der Waals surface area contributed by atoms with E-state index in [1.807, 2.05) is 6.07 Å². The van der Waals surface area contributed by atoms with Gasteiger partial charge in [0.25, 0.3) is 0 Å². The third-order valence-electron chi connectivity index (χ3n) is 2.74. The first-order valence-corrected chi connectivity index (χ1v) is 6.36. The highest BCUT2D eigenvalue weighted by Crippen LogP contribution is 2.17. The number of rotatable bonds is 3. The van der Waals surface area contributed by atoms with E-state index in [-0.39, 0.29) is 0 Å². The van der Waals surface area contributed by atoms with Crippen LogP contribution in [0.5, 0.6) is 0 Å². The molecule has 2 nitrogen and oxygen atoms in total. The summed E-state index contributed by atoms with van der Waals surface area (Å²) >= 11 is 2.06. The number of hydrogen-bond acceptors (Lipinski definition) is 3. The van der Waals surface area contributed by atoms with E-state index < -0.39 is 0 Å². The number of hydrogen-bond donors (Lipinski definition) is 1. The van der Waals surface area contributed by atoms with E-state index in [4.69, 9.17) is 4.42 Å². The Labute approximate surface area is 89.4 Å². The number of aryl methyl sites for hydroxylation is 1. The summed E-state index contributed by atoms with van der Waals surface area (Å²) in [5, 5.41) is 3.56. The van der Waals surface area contributed by atoms with E-state index in [1.165, 1.54) is 29.9 Å². The minimum atomic E-state index is 0.695. The average Bonchev–Trinajstić information content (AvgIpc) is 2.63. The molecule has 1 fully saturated rings. The zero-order valence-electron chi connectivity index (χ0n) is 8.58. The van der Waals surface area contributed by atoms with Gasteiger partial charge >= 0.3 is 0 Å². The lowest BCUT2D eigenvalue weighted by Gasteiger charge is -2.22. The normalized spacial score (nSPS) is 18.6. The molecule has 0 aromatic carbocycles. The van der Waals surface area contributed by atoms with Crippen molar-refractivity contribution in [2.75, 3.05) is 11.5 Å². The summed E-state index contributed by atoms with van der Waals surface area (Å²) in [5.74, 6) is 3.69. The summed E-state index contributed by atoms with van der Waals surface area (Å²) in [6.45, 7) is 2.98. The molecule has 2 heterocycles. The van der Waals surface area contributed by atoms with Crippen molar-refractivity contribution < 1.29 is 4.42 Å². The molecule has 1 aliphatic heterocycles. The van der Waals surface area contributed by atoms with Crippen molar-refractivity contribution in [3.05, 3.63) is 23.7 Å². The molecule has 0 amide bonds. The van der Waals surface area contributed by atoms with Gasteiger partial charge in [-0.1, -0.05) is 0 Å². The quantitative estimate of drug-likeness (QED) is 0.832. The van der Waals surface area contributed by atoms with Crippen LogP contribution in [0.15, 0.2) is 16.7 Å². The Bertz CT molecular complexity index is 279. The monoisotopic (exact) mass is 211 g/mol. The smallest absolute Gasteiger partial charge is 0.120 e. The largest absolute Gasteiger partial charge is 0.468 e. The summed E-state index contributed by atoms with van der Waals surface area (Å²) in [4.78, 5) is 0. The van der Waals surface area contributed by atoms with Gasteiger partial charge in [0.15, 0.2) is 0 Å². The fourth-order valence-electron chi connectivity index (χ4n) is 1.72. The molecule has 78 valence electrons. The topological polar surface area (TPSA) is 25.2 Å². The molecule has 1 aromatic rings. The van der Waals surface area contributed by atoms with Crippen LogP contribution in [-0.2, 0) is 6.54 Å². The molecule has 3 heteroatoms. The van der Waals surface area contributed by atoms with Gasteiger partial charge in [0, 0.05) is 6.04 Å². The van der Waals surface area contributed by atoms with Crippen LogP contribution < -0.4 is 5.32 Å². The van der Waals surface area contributed by atoms with Gasteiger partial charge in [-0.05, 0) is 42.9 Å². The molecule has 1 saturated heterocycles. The zero-order valence-corrected chi connectivity index (χ0v) is 9.40. The Hall–Kier alpha value is -0.410. The summed E-state index contributed by atoms with van der Waals surface area (Å²) < 4.78 is 5.39. The van der Waals surface area contributed by atoms with Gasteiger partial charge < -0.3 is 9.73 Å². The van der Waals surface area contributed by atoms with Crippen molar-refractivity contribution >= 4 is 11.8 Å². The maximum Gasteiger partial charge on any atom is 0.120 e. The molecule has 0 bridgehead atoms. The van der Waals surface area contributed by atoms with Gasteiger partial charge in [-0.3, -0.25) is 0 Å². The highest BCUT2D eigenvalue weighted by molar-refractivity contribution is 7.99. The Kier molecular flexibility index (Phi) is 3.54. The van der Waals surface area contributed by atoms with Crippen molar-refractivity contribution in [3.8, 4) is 0 Å². The summed E-state index contributed by atoms with van der Waals surface area (Å²) in [7, 11) is 0. The second-order valence-electron chi connectivity index (χ2n) is 3.79. The molecule has 0 unspecified atom stereocenters. The van der Waals surface area contributed by atoms with Crippen LogP contribution >= 0.6 is 11.8 Å². The fraction of sp³-hybridized carbons (Fsp3) is 0.636. The summed E-state index contributed by atoms with van der Waals surface area (Å²) in [5.41, 5.74) is 1.25. The molecule has 0 spiro atoms. The molecule has 14 heavy (non-hydrogen) atoms. The second-order valence-corrected chi connectivity index (χ2v) is 5.02. The van der Waals surface area contributed by atoms with Crippen LogP contribution in [-0.4, -0.2) is 17.5 Å². The van der Waals surface area contributed by atoms with Gasteiger partial charge in [-0.15, -0.1) is 0 Å². The SMILES string of the molecule is Cc1ccoc1CNC1CCSCC1. The molecule has 0 atom stereocenters. The van der Waals surface area contributed by atoms with Crippen molar-refractivity contribution in [1.29, 1.82) is 0 Å². The Morgan fingerprint density at radius 2 is 2.29 bits per heavy atom. The Morgan fingerprint density at radius 1 is 1.50 bits per heavy atom. The third kappa shape index (κ3) is 2.55. The number of furan rings is 1. The standard InChI is InChI=1S/C11H17NOS/c1-9-2-5-13-11(9)8-12-10-3-6-14-7-4-10/h2,5,10,12H,3-4,6-8H2,1H3. The lowest BCUT2D eigenvalue weighted by molar-refractivity contribution is 0.426. The number of nitrogens with one attached hydrogen (secondary N) is 1. The highest BCUT2D eigenvalue weighted by Gasteiger charge is 2.13. The van der Waals surface area contributed by atoms with Crippen LogP contribution in [0.4, 0.5) is 0 Å². The van der Waals surface area contributed by atoms with Crippen LogP contribution in [0.25, 0.3) is 0 Å². The van der Waals surface area contributed by atoms with Gasteiger partial charge in [0.1, 0.15) is 5.76 Å². The number of thioether (sulfide) groups is 1. The Morgan fingerprint density at radius 3 is 2.93 bits per heavy atom. The second kappa shape index (κ2) is 4.89. The van der Waals surface area contributed by atoms with Gasteiger partial charge in [-0.2, -0.15) is 11.8 Å². The first-order valence-electron chi connectivity index (χ1n) is 5.20. The third-order valence-corrected chi connectivity index (χ3v) is 3.79. The molecule has 2 rings (SSSR count). The zero-order chi connectivity index (χ0) is 9.80. The van der Waals surface area contributed by atoms with E-state index in [9.17, 15) is 0 Å². The van der Waals surface area contributed by atoms with Gasteiger partial charge in [-0.25, -0.2) is 0 Å². The maximum atomic E-state index is 5.39. The predicted molar refractivity (Wildman–Crippen MR) is 60.6 cm³/mol. The molecule has 0 radical (unpaired) electrons. The van der Waals surface area contributed by atoms with E-state index in [0.717, 1.165) is 12.3 Å².